The van der Waals surface area contributed by atoms with Crippen molar-refractivity contribution >= 4 is 17.1 Å². The van der Waals surface area contributed by atoms with Gasteiger partial charge in [0.2, 0.25) is 0 Å². The molecule has 1 heterocycles. The average molecular weight is 401 g/mol. The largest absolute Gasteiger partial charge is 0.398 e. The predicted octanol–water partition coefficient (Wildman–Crippen LogP) is 4.87. The first-order chi connectivity index (χ1) is 14.4. The second-order valence-electron chi connectivity index (χ2n) is 7.39. The minimum absolute atomic E-state index is 0.156. The number of hydrogen-bond donors (Lipinski definition) is 4. The van der Waals surface area contributed by atoms with Crippen LogP contribution in [0.2, 0.25) is 0 Å². The molecule has 2 aromatic carbocycles. The number of aromatic nitrogens is 1. The van der Waals surface area contributed by atoms with E-state index < -0.39 is 0 Å². The van der Waals surface area contributed by atoms with E-state index in [-0.39, 0.29) is 12.3 Å². The summed E-state index contributed by atoms with van der Waals surface area (Å²) >= 11 is 0. The first-order valence-corrected chi connectivity index (χ1v) is 9.97. The van der Waals surface area contributed by atoms with Crippen LogP contribution in [-0.4, -0.2) is 22.4 Å². The summed E-state index contributed by atoms with van der Waals surface area (Å²) in [6.45, 7) is 8.27. The number of aliphatic hydroxyl groups excluding tert-OH is 1. The second kappa shape index (κ2) is 9.37. The monoisotopic (exact) mass is 400 g/mol. The third-order valence-corrected chi connectivity index (χ3v) is 5.29. The molecule has 0 aliphatic carbocycles. The minimum atomic E-state index is 0.156. The molecule has 0 fully saturated rings. The summed E-state index contributed by atoms with van der Waals surface area (Å²) < 4.78 is 0. The Labute approximate surface area is 177 Å². The highest BCUT2D eigenvalue weighted by Gasteiger charge is 2.14. The molecule has 0 bridgehead atoms. The summed E-state index contributed by atoms with van der Waals surface area (Å²) in [6, 6.07) is 13.6. The van der Waals surface area contributed by atoms with Gasteiger partial charge < -0.3 is 16.2 Å². The predicted molar refractivity (Wildman–Crippen MR) is 125 cm³/mol. The molecule has 0 saturated heterocycles. The first kappa shape index (κ1) is 21.3. The number of rotatable bonds is 8. The molecule has 0 spiro atoms. The number of nitrogen functional groups attached to an aromatic ring is 1. The lowest BCUT2D eigenvalue weighted by atomic mass is 9.94. The fourth-order valence-electron chi connectivity index (χ4n) is 3.42. The summed E-state index contributed by atoms with van der Waals surface area (Å²) in [6.07, 6.45) is 5.16. The van der Waals surface area contributed by atoms with Crippen LogP contribution in [0.1, 0.15) is 28.7 Å². The third kappa shape index (κ3) is 4.58. The number of nitrogens with one attached hydrogen (secondary N) is 2. The zero-order valence-electron chi connectivity index (χ0n) is 17.5. The van der Waals surface area contributed by atoms with Crippen LogP contribution >= 0.6 is 0 Å². The lowest BCUT2D eigenvalue weighted by Crippen LogP contribution is -2.13. The number of anilines is 2. The van der Waals surface area contributed by atoms with Crippen LogP contribution in [0.25, 0.3) is 11.1 Å². The number of hydrogen-bond acceptors (Lipinski definition) is 5. The van der Waals surface area contributed by atoms with Crippen molar-refractivity contribution in [3.8, 4) is 11.1 Å². The Morgan fingerprint density at radius 1 is 1.17 bits per heavy atom. The van der Waals surface area contributed by atoms with Crippen LogP contribution < -0.4 is 11.1 Å². The van der Waals surface area contributed by atoms with Crippen LogP contribution in [0.4, 0.5) is 11.4 Å². The summed E-state index contributed by atoms with van der Waals surface area (Å²) in [5.74, 6) is 0. The molecule has 0 amide bonds. The lowest BCUT2D eigenvalue weighted by molar-refractivity contribution is 0.288. The Morgan fingerprint density at radius 2 is 1.93 bits per heavy atom. The fraction of sp³-hybridized carbons (Fsp3) is 0.200. The molecule has 0 aliphatic rings. The molecular weight excluding hydrogens is 372 g/mol. The van der Waals surface area contributed by atoms with Crippen LogP contribution in [0.3, 0.4) is 0 Å². The summed E-state index contributed by atoms with van der Waals surface area (Å²) in [4.78, 5) is 4.38. The van der Waals surface area contributed by atoms with E-state index in [2.05, 4.69) is 23.8 Å². The zero-order valence-corrected chi connectivity index (χ0v) is 17.5. The van der Waals surface area contributed by atoms with Gasteiger partial charge in [0.15, 0.2) is 0 Å². The van der Waals surface area contributed by atoms with Gasteiger partial charge in [-0.1, -0.05) is 30.8 Å². The van der Waals surface area contributed by atoms with Crippen LogP contribution in [0.15, 0.2) is 67.1 Å². The van der Waals surface area contributed by atoms with Crippen molar-refractivity contribution in [2.24, 2.45) is 0 Å². The molecule has 0 atom stereocenters. The topological polar surface area (TPSA) is 95.0 Å². The summed E-state index contributed by atoms with van der Waals surface area (Å²) in [7, 11) is 0. The molecule has 5 nitrogen and oxygen atoms in total. The van der Waals surface area contributed by atoms with Crippen LogP contribution in [0.5, 0.6) is 0 Å². The lowest BCUT2D eigenvalue weighted by Gasteiger charge is -2.16. The Kier molecular flexibility index (Phi) is 6.65. The second-order valence-corrected chi connectivity index (χ2v) is 7.39. The quantitative estimate of drug-likeness (QED) is 0.321. The Balaban J connectivity index is 1.91. The SMILES string of the molecule is C=C(Nc1ccccc1C)C(=N)c1cc(-c2cncc(CCCO)c2C)ccc1N. The summed E-state index contributed by atoms with van der Waals surface area (Å²) in [5, 5.41) is 21.0. The van der Waals surface area contributed by atoms with E-state index in [1.807, 2.05) is 61.8 Å². The Hall–Kier alpha value is -3.44. The van der Waals surface area contributed by atoms with Gasteiger partial charge in [-0.25, -0.2) is 0 Å². The molecule has 5 N–H and O–H groups in total. The van der Waals surface area contributed by atoms with Crippen molar-refractivity contribution in [1.82, 2.24) is 4.98 Å². The number of para-hydroxylation sites is 1. The zero-order chi connectivity index (χ0) is 21.7. The Bertz CT molecular complexity index is 1090. The normalized spacial score (nSPS) is 10.6. The summed E-state index contributed by atoms with van der Waals surface area (Å²) in [5.41, 5.74) is 14.3. The molecule has 0 radical (unpaired) electrons. The van der Waals surface area contributed by atoms with E-state index in [1.54, 1.807) is 0 Å². The molecule has 154 valence electrons. The van der Waals surface area contributed by atoms with Gasteiger partial charge >= 0.3 is 0 Å². The maximum atomic E-state index is 9.14. The van der Waals surface area contributed by atoms with Gasteiger partial charge in [-0.15, -0.1) is 0 Å². The van der Waals surface area contributed by atoms with E-state index in [1.165, 1.54) is 0 Å². The number of benzene rings is 2. The average Bonchev–Trinajstić information content (AvgIpc) is 2.74. The molecule has 1 aromatic heterocycles. The van der Waals surface area contributed by atoms with Gasteiger partial charge in [0.05, 0.1) is 11.4 Å². The van der Waals surface area contributed by atoms with E-state index >= 15 is 0 Å². The minimum Gasteiger partial charge on any atom is -0.398 e. The Morgan fingerprint density at radius 3 is 2.67 bits per heavy atom. The molecular formula is C25H28N4O. The van der Waals surface area contributed by atoms with Crippen molar-refractivity contribution in [3.05, 3.63) is 89.4 Å². The smallest absolute Gasteiger partial charge is 0.0861 e. The molecule has 30 heavy (non-hydrogen) atoms. The van der Waals surface area contributed by atoms with Crippen LogP contribution in [-0.2, 0) is 6.42 Å². The van der Waals surface area contributed by atoms with Gasteiger partial charge in [0, 0.05) is 41.5 Å². The van der Waals surface area contributed by atoms with E-state index in [4.69, 9.17) is 16.2 Å². The highest BCUT2D eigenvalue weighted by molar-refractivity contribution is 6.15. The van der Waals surface area contributed by atoms with Crippen molar-refractivity contribution < 1.29 is 5.11 Å². The van der Waals surface area contributed by atoms with Gasteiger partial charge in [0.1, 0.15) is 0 Å². The molecule has 5 heteroatoms. The van der Waals surface area contributed by atoms with Crippen molar-refractivity contribution in [3.63, 3.8) is 0 Å². The molecule has 3 aromatic rings. The number of nitrogens with zero attached hydrogens (tertiary/aromatic N) is 1. The van der Waals surface area contributed by atoms with Crippen LogP contribution in [0, 0.1) is 19.3 Å². The fourth-order valence-corrected chi connectivity index (χ4v) is 3.42. The van der Waals surface area contributed by atoms with E-state index in [0.717, 1.165) is 39.9 Å². The number of allylic oxidation sites excluding steroid dienone is 1. The number of nitrogens with two attached hydrogens (primary N) is 1. The van der Waals surface area contributed by atoms with E-state index in [9.17, 15) is 0 Å². The number of aryl methyl sites for hydroxylation is 2. The molecule has 0 unspecified atom stereocenters. The standard InChI is InChI=1S/C25H28N4O/c1-16-7-4-5-9-24(16)29-18(3)25(27)21-13-19(10-11-23(21)26)22-15-28-14-20(17(22)2)8-6-12-30/h4-5,7,9-11,13-15,27,29-30H,3,6,8,12,26H2,1-2H3. The van der Waals surface area contributed by atoms with Gasteiger partial charge in [-0.2, -0.15) is 0 Å². The van der Waals surface area contributed by atoms with E-state index in [0.29, 0.717) is 23.4 Å². The van der Waals surface area contributed by atoms with Crippen molar-refractivity contribution in [2.45, 2.75) is 26.7 Å². The highest BCUT2D eigenvalue weighted by atomic mass is 16.2. The highest BCUT2D eigenvalue weighted by Crippen LogP contribution is 2.29. The van der Waals surface area contributed by atoms with Crippen molar-refractivity contribution in [1.29, 1.82) is 5.41 Å². The number of pyridine rings is 1. The first-order valence-electron chi connectivity index (χ1n) is 9.97. The maximum absolute atomic E-state index is 9.14. The molecule has 0 aliphatic heterocycles. The van der Waals surface area contributed by atoms with Gasteiger partial charge in [0.25, 0.3) is 0 Å². The third-order valence-electron chi connectivity index (χ3n) is 5.29. The molecule has 3 rings (SSSR count). The maximum Gasteiger partial charge on any atom is 0.0861 e. The van der Waals surface area contributed by atoms with Crippen molar-refractivity contribution in [2.75, 3.05) is 17.7 Å². The molecule has 0 saturated carbocycles. The van der Waals surface area contributed by atoms with Gasteiger partial charge in [-0.05, 0) is 67.1 Å². The number of aliphatic hydroxyl groups is 1. The van der Waals surface area contributed by atoms with Gasteiger partial charge in [-0.3, -0.25) is 10.4 Å².